The molecule has 4 rings (SSSR count). The van der Waals surface area contributed by atoms with Gasteiger partial charge in [-0.25, -0.2) is 4.98 Å². The van der Waals surface area contributed by atoms with Crippen LogP contribution in [0.1, 0.15) is 40.1 Å². The van der Waals surface area contributed by atoms with Crippen LogP contribution in [-0.2, 0) is 6.54 Å². The van der Waals surface area contributed by atoms with Crippen LogP contribution in [0.15, 0.2) is 54.0 Å². The van der Waals surface area contributed by atoms with Crippen molar-refractivity contribution in [2.75, 3.05) is 12.4 Å². The van der Waals surface area contributed by atoms with E-state index in [1.54, 1.807) is 11.3 Å². The van der Waals surface area contributed by atoms with Gasteiger partial charge in [0.1, 0.15) is 5.82 Å². The Bertz CT molecular complexity index is 1190. The van der Waals surface area contributed by atoms with Gasteiger partial charge in [0.05, 0.1) is 6.04 Å². The molecule has 0 aliphatic carbocycles. The average Bonchev–Trinajstić information content (AvgIpc) is 3.22. The Morgan fingerprint density at radius 3 is 2.47 bits per heavy atom. The molecule has 4 aromatic rings. The largest absolute Gasteiger partial charge is 0.362 e. The molecule has 0 bridgehead atoms. The number of nitrogens with one attached hydrogen (secondary N) is 2. The minimum absolute atomic E-state index is 0.181. The summed E-state index contributed by atoms with van der Waals surface area (Å²) >= 11 is 1.80. The predicted molar refractivity (Wildman–Crippen MR) is 131 cm³/mol. The van der Waals surface area contributed by atoms with Crippen molar-refractivity contribution in [3.63, 3.8) is 0 Å². The summed E-state index contributed by atoms with van der Waals surface area (Å²) in [5.41, 5.74) is 7.73. The molecule has 0 saturated carbocycles. The van der Waals surface area contributed by atoms with Gasteiger partial charge in [-0.2, -0.15) is 0 Å². The fraction of sp³-hybridized carbons (Fsp3) is 0.269. The highest BCUT2D eigenvalue weighted by molar-refractivity contribution is 7.10. The van der Waals surface area contributed by atoms with Crippen LogP contribution in [0.4, 0.5) is 5.82 Å². The predicted octanol–water partition coefficient (Wildman–Crippen LogP) is 6.78. The molecule has 2 N–H and O–H groups in total. The summed E-state index contributed by atoms with van der Waals surface area (Å²) < 4.78 is 0. The Kier molecular flexibility index (Phi) is 5.89. The van der Waals surface area contributed by atoms with E-state index in [0.29, 0.717) is 0 Å². The number of benzene rings is 2. The maximum Gasteiger partial charge on any atom is 0.134 e. The number of anilines is 1. The molecular formula is C26H29N3S. The maximum absolute atomic E-state index is 4.73. The van der Waals surface area contributed by atoms with Crippen molar-refractivity contribution in [3.05, 3.63) is 81.2 Å². The van der Waals surface area contributed by atoms with Crippen LogP contribution in [-0.4, -0.2) is 12.0 Å². The van der Waals surface area contributed by atoms with E-state index in [-0.39, 0.29) is 6.04 Å². The minimum atomic E-state index is 0.181. The molecule has 0 aliphatic heterocycles. The highest BCUT2D eigenvalue weighted by Gasteiger charge is 2.14. The standard InChI is InChI=1S/C26H29N3S/c1-16-10-23-18(3)13-28-26(24(23)11-17(16)2)29-19(4)25-12-21(15-30-25)22-9-7-6-8-20(22)14-27-5/h6-13,15,19,27H,14H2,1-5H3,(H,28,29)/t19-/m1/s1. The summed E-state index contributed by atoms with van der Waals surface area (Å²) in [5, 5.41) is 11.7. The Labute approximate surface area is 183 Å². The number of pyridine rings is 1. The number of thiophene rings is 1. The average molecular weight is 416 g/mol. The quantitative estimate of drug-likeness (QED) is 0.364. The van der Waals surface area contributed by atoms with Gasteiger partial charge in [-0.05, 0) is 91.0 Å². The van der Waals surface area contributed by atoms with Crippen LogP contribution in [0.2, 0.25) is 0 Å². The van der Waals surface area contributed by atoms with Crippen molar-refractivity contribution in [1.29, 1.82) is 0 Å². The Morgan fingerprint density at radius 2 is 1.70 bits per heavy atom. The molecule has 2 heterocycles. The third-order valence-corrected chi connectivity index (χ3v) is 6.91. The van der Waals surface area contributed by atoms with Crippen LogP contribution in [0.5, 0.6) is 0 Å². The lowest BCUT2D eigenvalue weighted by Crippen LogP contribution is -2.07. The van der Waals surface area contributed by atoms with Gasteiger partial charge in [-0.1, -0.05) is 30.3 Å². The van der Waals surface area contributed by atoms with Crippen LogP contribution < -0.4 is 10.6 Å². The molecule has 2 aromatic carbocycles. The van der Waals surface area contributed by atoms with Crippen LogP contribution >= 0.6 is 11.3 Å². The molecule has 0 spiro atoms. The fourth-order valence-corrected chi connectivity index (χ4v) is 4.81. The van der Waals surface area contributed by atoms with Crippen LogP contribution in [0.25, 0.3) is 21.9 Å². The van der Waals surface area contributed by atoms with E-state index in [1.165, 1.54) is 49.0 Å². The van der Waals surface area contributed by atoms with E-state index in [1.807, 2.05) is 13.2 Å². The molecule has 30 heavy (non-hydrogen) atoms. The summed E-state index contributed by atoms with van der Waals surface area (Å²) in [7, 11) is 1.99. The zero-order valence-electron chi connectivity index (χ0n) is 18.3. The molecule has 2 aromatic heterocycles. The van der Waals surface area contributed by atoms with Gasteiger partial charge in [0.2, 0.25) is 0 Å². The lowest BCUT2D eigenvalue weighted by molar-refractivity contribution is 0.819. The maximum atomic E-state index is 4.73. The van der Waals surface area contributed by atoms with Gasteiger partial charge in [0.15, 0.2) is 0 Å². The summed E-state index contributed by atoms with van der Waals surface area (Å²) in [5.74, 6) is 0.955. The Hall–Kier alpha value is -2.69. The van der Waals surface area contributed by atoms with E-state index < -0.39 is 0 Å². The van der Waals surface area contributed by atoms with Gasteiger partial charge < -0.3 is 10.6 Å². The monoisotopic (exact) mass is 415 g/mol. The number of nitrogens with zero attached hydrogens (tertiary/aromatic N) is 1. The Morgan fingerprint density at radius 1 is 0.967 bits per heavy atom. The first kappa shape index (κ1) is 20.6. The van der Waals surface area contributed by atoms with Gasteiger partial charge in [-0.15, -0.1) is 11.3 Å². The van der Waals surface area contributed by atoms with Crippen molar-refractivity contribution in [2.45, 2.75) is 40.3 Å². The van der Waals surface area contributed by atoms with Gasteiger partial charge in [0.25, 0.3) is 0 Å². The second-order valence-electron chi connectivity index (χ2n) is 8.06. The molecule has 0 fully saturated rings. The molecule has 0 radical (unpaired) electrons. The minimum Gasteiger partial charge on any atom is -0.362 e. The van der Waals surface area contributed by atoms with Gasteiger partial charge in [-0.3, -0.25) is 0 Å². The molecular weight excluding hydrogens is 386 g/mol. The lowest BCUT2D eigenvalue weighted by atomic mass is 10.0. The molecule has 0 unspecified atom stereocenters. The number of hydrogen-bond donors (Lipinski definition) is 2. The summed E-state index contributed by atoms with van der Waals surface area (Å²) in [6.45, 7) is 9.55. The van der Waals surface area contributed by atoms with Crippen molar-refractivity contribution < 1.29 is 0 Å². The first-order chi connectivity index (χ1) is 14.5. The molecule has 154 valence electrons. The van der Waals surface area contributed by atoms with E-state index in [0.717, 1.165) is 12.4 Å². The van der Waals surface area contributed by atoms with Crippen LogP contribution in [0, 0.1) is 20.8 Å². The van der Waals surface area contributed by atoms with Crippen molar-refractivity contribution in [1.82, 2.24) is 10.3 Å². The number of rotatable bonds is 6. The summed E-state index contributed by atoms with van der Waals surface area (Å²) in [6, 6.07) is 15.6. The molecule has 0 saturated heterocycles. The van der Waals surface area contributed by atoms with E-state index in [4.69, 9.17) is 4.98 Å². The number of aryl methyl sites for hydroxylation is 3. The molecule has 0 aliphatic rings. The smallest absolute Gasteiger partial charge is 0.134 e. The fourth-order valence-electron chi connectivity index (χ4n) is 3.90. The highest BCUT2D eigenvalue weighted by atomic mass is 32.1. The SMILES string of the molecule is CNCc1ccccc1-c1csc([C@@H](C)Nc2ncc(C)c3cc(C)c(C)cc23)c1. The third-order valence-electron chi connectivity index (χ3n) is 5.80. The molecule has 3 nitrogen and oxygen atoms in total. The lowest BCUT2D eigenvalue weighted by Gasteiger charge is -2.17. The highest BCUT2D eigenvalue weighted by Crippen LogP contribution is 2.34. The first-order valence-electron chi connectivity index (χ1n) is 10.4. The van der Waals surface area contributed by atoms with Crippen molar-refractivity contribution >= 4 is 27.9 Å². The topological polar surface area (TPSA) is 37.0 Å². The summed E-state index contributed by atoms with van der Waals surface area (Å²) in [6.07, 6.45) is 1.97. The van der Waals surface area contributed by atoms with Crippen molar-refractivity contribution in [3.8, 4) is 11.1 Å². The summed E-state index contributed by atoms with van der Waals surface area (Å²) in [4.78, 5) is 6.04. The van der Waals surface area contributed by atoms with E-state index in [9.17, 15) is 0 Å². The van der Waals surface area contributed by atoms with Gasteiger partial charge in [0, 0.05) is 23.0 Å². The zero-order valence-corrected chi connectivity index (χ0v) is 19.2. The Balaban J connectivity index is 1.64. The van der Waals surface area contributed by atoms with E-state index in [2.05, 4.69) is 86.2 Å². The van der Waals surface area contributed by atoms with Crippen LogP contribution in [0.3, 0.4) is 0 Å². The molecule has 1 atom stereocenters. The third kappa shape index (κ3) is 3.98. The second kappa shape index (κ2) is 8.58. The molecule has 4 heteroatoms. The number of fused-ring (bicyclic) bond motifs is 1. The molecule has 0 amide bonds. The van der Waals surface area contributed by atoms with Crippen molar-refractivity contribution in [2.24, 2.45) is 0 Å². The first-order valence-corrected chi connectivity index (χ1v) is 11.3. The second-order valence-corrected chi connectivity index (χ2v) is 9.01. The number of hydrogen-bond acceptors (Lipinski definition) is 4. The zero-order chi connectivity index (χ0) is 21.3. The number of aromatic nitrogens is 1. The van der Waals surface area contributed by atoms with E-state index >= 15 is 0 Å². The normalized spacial score (nSPS) is 12.3. The van der Waals surface area contributed by atoms with Gasteiger partial charge >= 0.3 is 0 Å².